The van der Waals surface area contributed by atoms with Crippen molar-refractivity contribution in [1.29, 1.82) is 5.26 Å². The van der Waals surface area contributed by atoms with Gasteiger partial charge < -0.3 is 26.8 Å². The number of nitrogen functional groups attached to an aromatic ring is 2. The first-order valence-electron chi connectivity index (χ1n) is 5.02. The number of hydrogen-bond donors (Lipinski definition) is 5. The van der Waals surface area contributed by atoms with E-state index < -0.39 is 11.5 Å². The lowest BCUT2D eigenvalue weighted by Crippen LogP contribution is -2.05. The van der Waals surface area contributed by atoms with Crippen LogP contribution in [0.1, 0.15) is 5.56 Å². The molecule has 0 bridgehead atoms. The molecule has 2 rings (SSSR count). The molecule has 8 heteroatoms. The maximum Gasteiger partial charge on any atom is 0.222 e. The second kappa shape index (κ2) is 4.23. The molecule has 0 amide bonds. The Morgan fingerprint density at radius 2 is 1.63 bits per heavy atom. The Balaban J connectivity index is 2.79. The average Bonchev–Trinajstić information content (AvgIpc) is 2.33. The molecule has 0 aliphatic rings. The normalized spacial score (nSPS) is 10.1. The molecule has 0 aliphatic carbocycles. The first-order chi connectivity index (χ1) is 8.93. The van der Waals surface area contributed by atoms with Crippen molar-refractivity contribution in [1.82, 2.24) is 9.97 Å². The van der Waals surface area contributed by atoms with Gasteiger partial charge in [0, 0.05) is 11.6 Å². The molecule has 1 heterocycles. The van der Waals surface area contributed by atoms with E-state index in [1.165, 1.54) is 0 Å². The van der Waals surface area contributed by atoms with Crippen LogP contribution in [-0.2, 0) is 0 Å². The quantitative estimate of drug-likeness (QED) is 0.360. The third-order valence-corrected chi connectivity index (χ3v) is 2.41. The van der Waals surface area contributed by atoms with Gasteiger partial charge in [-0.1, -0.05) is 0 Å². The van der Waals surface area contributed by atoms with Gasteiger partial charge >= 0.3 is 0 Å². The Morgan fingerprint density at radius 3 is 2.26 bits per heavy atom. The first-order valence-corrected chi connectivity index (χ1v) is 5.02. The van der Waals surface area contributed by atoms with Gasteiger partial charge in [0.05, 0.1) is 5.69 Å². The largest absolute Gasteiger partial charge is 0.507 e. The maximum atomic E-state index is 9.75. The Bertz CT molecular complexity index is 708. The van der Waals surface area contributed by atoms with Crippen molar-refractivity contribution in [3.05, 3.63) is 17.7 Å². The second-order valence-electron chi connectivity index (χ2n) is 3.66. The highest BCUT2D eigenvalue weighted by molar-refractivity contribution is 5.78. The lowest BCUT2D eigenvalue weighted by atomic mass is 10.1. The maximum absolute atomic E-state index is 9.75. The third-order valence-electron chi connectivity index (χ3n) is 2.41. The topological polar surface area (TPSA) is 162 Å². The zero-order chi connectivity index (χ0) is 14.2. The lowest BCUT2D eigenvalue weighted by Gasteiger charge is -2.09. The number of anilines is 2. The molecule has 1 aromatic carbocycles. The van der Waals surface area contributed by atoms with E-state index in [-0.39, 0.29) is 34.3 Å². The Morgan fingerprint density at radius 1 is 1.00 bits per heavy atom. The molecule has 0 spiro atoms. The minimum absolute atomic E-state index is 0.00708. The van der Waals surface area contributed by atoms with Crippen LogP contribution in [0.3, 0.4) is 0 Å². The van der Waals surface area contributed by atoms with Crippen molar-refractivity contribution < 1.29 is 15.3 Å². The molecule has 1 aromatic heterocycles. The van der Waals surface area contributed by atoms with Crippen molar-refractivity contribution >= 4 is 11.8 Å². The van der Waals surface area contributed by atoms with Gasteiger partial charge in [-0.2, -0.15) is 10.2 Å². The van der Waals surface area contributed by atoms with Crippen LogP contribution in [0.15, 0.2) is 12.1 Å². The number of nitriles is 1. The predicted molar refractivity (Wildman–Crippen MR) is 66.0 cm³/mol. The van der Waals surface area contributed by atoms with E-state index in [0.29, 0.717) is 0 Å². The zero-order valence-corrected chi connectivity index (χ0v) is 9.49. The van der Waals surface area contributed by atoms with E-state index in [2.05, 4.69) is 9.97 Å². The molecule has 8 nitrogen and oxygen atoms in total. The van der Waals surface area contributed by atoms with E-state index in [0.717, 1.165) is 12.1 Å². The van der Waals surface area contributed by atoms with Gasteiger partial charge in [0.2, 0.25) is 5.95 Å². The minimum Gasteiger partial charge on any atom is -0.507 e. The number of phenols is 3. The fourth-order valence-corrected chi connectivity index (χ4v) is 1.56. The number of nitrogens with two attached hydrogens (primary N) is 2. The monoisotopic (exact) mass is 259 g/mol. The Hall–Kier alpha value is -3.21. The zero-order valence-electron chi connectivity index (χ0n) is 9.49. The van der Waals surface area contributed by atoms with E-state index in [9.17, 15) is 15.3 Å². The SMILES string of the molecule is N#Cc1c(N)nc(N)nc1-c1cc(O)c(O)cc1O. The van der Waals surface area contributed by atoms with Gasteiger partial charge in [-0.3, -0.25) is 0 Å². The highest BCUT2D eigenvalue weighted by Gasteiger charge is 2.18. The van der Waals surface area contributed by atoms with Crippen molar-refractivity contribution in [2.24, 2.45) is 0 Å². The minimum atomic E-state index is -0.505. The van der Waals surface area contributed by atoms with Crippen LogP contribution in [0, 0.1) is 11.3 Å². The van der Waals surface area contributed by atoms with Crippen molar-refractivity contribution in [3.8, 4) is 34.6 Å². The highest BCUT2D eigenvalue weighted by Crippen LogP contribution is 2.39. The van der Waals surface area contributed by atoms with Gasteiger partial charge in [0.15, 0.2) is 11.5 Å². The van der Waals surface area contributed by atoms with Crippen molar-refractivity contribution in [2.75, 3.05) is 11.5 Å². The molecule has 0 unspecified atom stereocenters. The molecule has 0 aliphatic heterocycles. The third kappa shape index (κ3) is 2.00. The number of aromatic hydroxyl groups is 3. The molecule has 0 saturated carbocycles. The van der Waals surface area contributed by atoms with Crippen LogP contribution in [-0.4, -0.2) is 25.3 Å². The van der Waals surface area contributed by atoms with Crippen LogP contribution in [0.25, 0.3) is 11.3 Å². The fraction of sp³-hybridized carbons (Fsp3) is 0. The van der Waals surface area contributed by atoms with Gasteiger partial charge in [-0.25, -0.2) is 4.98 Å². The standard InChI is InChI=1S/C11H9N5O3/c12-3-5-9(15-11(14)16-10(5)13)4-1-7(18)8(19)2-6(4)17/h1-2,17-19H,(H4,13,14,15,16). The molecule has 2 aromatic rings. The average molecular weight is 259 g/mol. The van der Waals surface area contributed by atoms with E-state index in [4.69, 9.17) is 16.7 Å². The summed E-state index contributed by atoms with van der Waals surface area (Å²) in [5.41, 5.74) is 10.9. The van der Waals surface area contributed by atoms with Crippen LogP contribution in [0.4, 0.5) is 11.8 Å². The van der Waals surface area contributed by atoms with Crippen LogP contribution in [0.2, 0.25) is 0 Å². The second-order valence-corrected chi connectivity index (χ2v) is 3.66. The summed E-state index contributed by atoms with van der Waals surface area (Å²) >= 11 is 0. The predicted octanol–water partition coefficient (Wildman–Crippen LogP) is 0.296. The molecule has 0 atom stereocenters. The number of hydrogen-bond acceptors (Lipinski definition) is 8. The summed E-state index contributed by atoms with van der Waals surface area (Å²) in [5, 5.41) is 37.5. The first kappa shape index (κ1) is 12.3. The number of phenolic OH excluding ortho intramolecular Hbond substituents is 3. The van der Waals surface area contributed by atoms with Gasteiger partial charge in [-0.15, -0.1) is 0 Å². The van der Waals surface area contributed by atoms with E-state index in [1.54, 1.807) is 6.07 Å². The summed E-state index contributed by atoms with van der Waals surface area (Å²) in [6.07, 6.45) is 0. The van der Waals surface area contributed by atoms with Crippen LogP contribution >= 0.6 is 0 Å². The number of nitrogens with zero attached hydrogens (tertiary/aromatic N) is 3. The van der Waals surface area contributed by atoms with Gasteiger partial charge in [0.1, 0.15) is 23.2 Å². The summed E-state index contributed by atoms with van der Waals surface area (Å²) in [4.78, 5) is 7.45. The van der Waals surface area contributed by atoms with E-state index >= 15 is 0 Å². The Labute approximate surface area is 107 Å². The molecular weight excluding hydrogens is 250 g/mol. The number of aromatic nitrogens is 2. The highest BCUT2D eigenvalue weighted by atomic mass is 16.3. The Kier molecular flexibility index (Phi) is 2.73. The summed E-state index contributed by atoms with van der Waals surface area (Å²) < 4.78 is 0. The molecular formula is C11H9N5O3. The summed E-state index contributed by atoms with van der Waals surface area (Å²) in [6.45, 7) is 0. The van der Waals surface area contributed by atoms with Crippen LogP contribution in [0.5, 0.6) is 17.2 Å². The van der Waals surface area contributed by atoms with E-state index in [1.807, 2.05) is 0 Å². The van der Waals surface area contributed by atoms with Gasteiger partial charge in [0.25, 0.3) is 0 Å². The molecule has 19 heavy (non-hydrogen) atoms. The van der Waals surface area contributed by atoms with Crippen LogP contribution < -0.4 is 11.5 Å². The lowest BCUT2D eigenvalue weighted by molar-refractivity contribution is 0.397. The summed E-state index contributed by atoms with van der Waals surface area (Å²) in [5.74, 6) is -1.69. The van der Waals surface area contributed by atoms with Gasteiger partial charge in [-0.05, 0) is 6.07 Å². The summed E-state index contributed by atoms with van der Waals surface area (Å²) in [7, 11) is 0. The number of rotatable bonds is 1. The number of benzene rings is 1. The molecule has 0 saturated heterocycles. The van der Waals surface area contributed by atoms with Crippen molar-refractivity contribution in [3.63, 3.8) is 0 Å². The smallest absolute Gasteiger partial charge is 0.222 e. The fourth-order valence-electron chi connectivity index (χ4n) is 1.56. The molecule has 96 valence electrons. The molecule has 0 radical (unpaired) electrons. The summed E-state index contributed by atoms with van der Waals surface area (Å²) in [6, 6.07) is 3.76. The van der Waals surface area contributed by atoms with Crippen molar-refractivity contribution in [2.45, 2.75) is 0 Å². The molecule has 0 fully saturated rings. The molecule has 7 N–H and O–H groups in total.